The Morgan fingerprint density at radius 1 is 0.810 bits per heavy atom. The molecule has 4 heteroatoms. The number of benzene rings is 3. The van der Waals surface area contributed by atoms with E-state index in [9.17, 15) is 9.59 Å². The van der Waals surface area contributed by atoms with Crippen LogP contribution in [0.15, 0.2) is 66.7 Å². The number of esters is 1. The first-order valence-corrected chi connectivity index (χ1v) is 16.2. The molecule has 0 saturated heterocycles. The number of carbonyl (C=O) groups is 2. The van der Waals surface area contributed by atoms with Gasteiger partial charge in [0.2, 0.25) is 5.91 Å². The second-order valence-electron chi connectivity index (χ2n) is 12.6. The van der Waals surface area contributed by atoms with E-state index < -0.39 is 0 Å². The lowest BCUT2D eigenvalue weighted by molar-refractivity contribution is -0.141. The third-order valence-electron chi connectivity index (χ3n) is 9.50. The second kappa shape index (κ2) is 14.7. The van der Waals surface area contributed by atoms with E-state index in [0.29, 0.717) is 37.4 Å². The van der Waals surface area contributed by atoms with Crippen LogP contribution >= 0.6 is 0 Å². The highest BCUT2D eigenvalue weighted by atomic mass is 16.5. The Kier molecular flexibility index (Phi) is 10.5. The zero-order valence-electron chi connectivity index (χ0n) is 25.4. The van der Waals surface area contributed by atoms with E-state index in [4.69, 9.17) is 4.74 Å². The van der Waals surface area contributed by atoms with Crippen molar-refractivity contribution in [1.82, 2.24) is 0 Å². The SMILES string of the molecule is CCCCC[C@H]1CC[C@H](c2ccc(-c3ccc(OC(=O)[C@H]4CC[C@H](C(=O)Nc5cc[c]c(C)c5)CC4)cc3)cc2)CC1. The van der Waals surface area contributed by atoms with Crippen LogP contribution in [0.4, 0.5) is 5.69 Å². The van der Waals surface area contributed by atoms with Crippen molar-refractivity contribution in [2.45, 2.75) is 96.8 Å². The molecule has 0 aliphatic heterocycles. The first kappa shape index (κ1) is 30.1. The fraction of sp³-hybridized carbons (Fsp3) is 0.474. The Morgan fingerprint density at radius 3 is 2.10 bits per heavy atom. The van der Waals surface area contributed by atoms with Gasteiger partial charge in [0.05, 0.1) is 5.92 Å². The van der Waals surface area contributed by atoms with E-state index >= 15 is 0 Å². The zero-order valence-corrected chi connectivity index (χ0v) is 25.4. The molecule has 4 nitrogen and oxygen atoms in total. The highest BCUT2D eigenvalue weighted by molar-refractivity contribution is 5.92. The summed E-state index contributed by atoms with van der Waals surface area (Å²) < 4.78 is 5.74. The van der Waals surface area contributed by atoms with E-state index in [1.807, 2.05) is 49.4 Å². The Labute approximate surface area is 252 Å². The van der Waals surface area contributed by atoms with Crippen molar-refractivity contribution < 1.29 is 14.3 Å². The van der Waals surface area contributed by atoms with Crippen LogP contribution in [-0.4, -0.2) is 11.9 Å². The van der Waals surface area contributed by atoms with Gasteiger partial charge in [0.15, 0.2) is 0 Å². The molecule has 1 N–H and O–H groups in total. The van der Waals surface area contributed by atoms with Crippen LogP contribution in [0.2, 0.25) is 0 Å². The highest BCUT2D eigenvalue weighted by Crippen LogP contribution is 2.38. The molecule has 2 fully saturated rings. The molecule has 2 aliphatic carbocycles. The smallest absolute Gasteiger partial charge is 0.314 e. The number of aryl methyl sites for hydroxylation is 1. The van der Waals surface area contributed by atoms with Gasteiger partial charge >= 0.3 is 5.97 Å². The Balaban J connectivity index is 1.07. The van der Waals surface area contributed by atoms with Gasteiger partial charge in [-0.2, -0.15) is 0 Å². The minimum Gasteiger partial charge on any atom is -0.426 e. The van der Waals surface area contributed by atoms with E-state index in [0.717, 1.165) is 22.7 Å². The topological polar surface area (TPSA) is 55.4 Å². The van der Waals surface area contributed by atoms with Crippen molar-refractivity contribution in [3.8, 4) is 16.9 Å². The van der Waals surface area contributed by atoms with E-state index in [1.54, 1.807) is 0 Å². The molecule has 1 radical (unpaired) electrons. The molecule has 0 aromatic heterocycles. The summed E-state index contributed by atoms with van der Waals surface area (Å²) >= 11 is 0. The van der Waals surface area contributed by atoms with Crippen LogP contribution in [0.5, 0.6) is 5.75 Å². The molecule has 0 spiro atoms. The Bertz CT molecular complexity index is 1300. The maximum absolute atomic E-state index is 12.9. The Hall–Kier alpha value is -3.40. The predicted molar refractivity (Wildman–Crippen MR) is 170 cm³/mol. The molecular formula is C38H46NO3. The fourth-order valence-electron chi connectivity index (χ4n) is 6.83. The molecule has 1 amide bonds. The number of hydrogen-bond acceptors (Lipinski definition) is 3. The molecule has 3 aromatic rings. The average Bonchev–Trinajstić information content (AvgIpc) is 3.02. The quantitative estimate of drug-likeness (QED) is 0.151. The van der Waals surface area contributed by atoms with Gasteiger partial charge in [-0.3, -0.25) is 9.59 Å². The van der Waals surface area contributed by atoms with Gasteiger partial charge in [0, 0.05) is 11.6 Å². The second-order valence-corrected chi connectivity index (χ2v) is 12.6. The number of unbranched alkanes of at least 4 members (excludes halogenated alkanes) is 2. The molecule has 2 aliphatic rings. The van der Waals surface area contributed by atoms with Crippen LogP contribution in [-0.2, 0) is 9.59 Å². The first-order valence-electron chi connectivity index (χ1n) is 16.2. The van der Waals surface area contributed by atoms with Crippen LogP contribution in [0.25, 0.3) is 11.1 Å². The van der Waals surface area contributed by atoms with Gasteiger partial charge in [-0.25, -0.2) is 0 Å². The maximum atomic E-state index is 12.9. The number of rotatable bonds is 10. The number of ether oxygens (including phenoxy) is 1. The van der Waals surface area contributed by atoms with Crippen molar-refractivity contribution in [3.63, 3.8) is 0 Å². The molecule has 5 rings (SSSR count). The number of nitrogens with one attached hydrogen (secondary N) is 1. The monoisotopic (exact) mass is 564 g/mol. The molecule has 0 bridgehead atoms. The lowest BCUT2D eigenvalue weighted by Crippen LogP contribution is -2.31. The van der Waals surface area contributed by atoms with E-state index in [2.05, 4.69) is 42.6 Å². The maximum Gasteiger partial charge on any atom is 0.314 e. The molecule has 0 atom stereocenters. The van der Waals surface area contributed by atoms with Crippen LogP contribution in [0, 0.1) is 30.7 Å². The van der Waals surface area contributed by atoms with Crippen molar-refractivity contribution in [2.24, 2.45) is 17.8 Å². The summed E-state index contributed by atoms with van der Waals surface area (Å²) in [6, 6.07) is 25.6. The van der Waals surface area contributed by atoms with Crippen molar-refractivity contribution >= 4 is 17.6 Å². The zero-order chi connectivity index (χ0) is 29.3. The number of anilines is 1. The van der Waals surface area contributed by atoms with Crippen molar-refractivity contribution in [2.75, 3.05) is 5.32 Å². The molecule has 42 heavy (non-hydrogen) atoms. The van der Waals surface area contributed by atoms with E-state index in [1.165, 1.54) is 62.5 Å². The van der Waals surface area contributed by atoms with Gasteiger partial charge in [-0.05, 0) is 123 Å². The van der Waals surface area contributed by atoms with Gasteiger partial charge in [0.1, 0.15) is 5.75 Å². The van der Waals surface area contributed by atoms with Crippen molar-refractivity contribution in [1.29, 1.82) is 0 Å². The number of carbonyl (C=O) groups excluding carboxylic acids is 2. The minimum atomic E-state index is -0.194. The fourth-order valence-corrected chi connectivity index (χ4v) is 6.83. The molecule has 2 saturated carbocycles. The molecular weight excluding hydrogens is 518 g/mol. The van der Waals surface area contributed by atoms with Crippen LogP contribution in [0.3, 0.4) is 0 Å². The molecule has 0 heterocycles. The third-order valence-corrected chi connectivity index (χ3v) is 9.50. The lowest BCUT2D eigenvalue weighted by atomic mass is 9.77. The molecule has 221 valence electrons. The average molecular weight is 565 g/mol. The lowest BCUT2D eigenvalue weighted by Gasteiger charge is -2.29. The predicted octanol–water partition coefficient (Wildman–Crippen LogP) is 9.67. The molecule has 3 aromatic carbocycles. The highest BCUT2D eigenvalue weighted by Gasteiger charge is 2.31. The molecule has 0 unspecified atom stereocenters. The van der Waals surface area contributed by atoms with Gasteiger partial charge < -0.3 is 10.1 Å². The van der Waals surface area contributed by atoms with Crippen LogP contribution in [0.1, 0.15) is 101 Å². The largest absolute Gasteiger partial charge is 0.426 e. The van der Waals surface area contributed by atoms with Gasteiger partial charge in [-0.15, -0.1) is 0 Å². The summed E-state index contributed by atoms with van der Waals surface area (Å²) in [5, 5.41) is 3.01. The standard InChI is InChI=1S/C38H46NO3/c1-3-4-5-8-28-10-12-29(13-11-28)30-14-16-31(17-15-30)32-22-24-36(25-23-32)42-38(41)34-20-18-33(19-21-34)37(40)39-35-9-6-7-27(2)26-35/h6,9,14-17,22-26,28-29,33-34H,3-5,8,10-13,18-21H2,1-2H3,(H,39,40)/t28-,29-,33-,34-. The summed E-state index contributed by atoms with van der Waals surface area (Å²) in [7, 11) is 0. The minimum absolute atomic E-state index is 0.0289. The summed E-state index contributed by atoms with van der Waals surface area (Å²) in [5.74, 6) is 1.80. The van der Waals surface area contributed by atoms with Crippen LogP contribution < -0.4 is 10.1 Å². The third kappa shape index (κ3) is 8.12. The Morgan fingerprint density at radius 2 is 1.45 bits per heavy atom. The first-order chi connectivity index (χ1) is 20.5. The summed E-state index contributed by atoms with van der Waals surface area (Å²) in [5.41, 5.74) is 5.57. The summed E-state index contributed by atoms with van der Waals surface area (Å²) in [4.78, 5) is 25.6. The summed E-state index contributed by atoms with van der Waals surface area (Å²) in [6.45, 7) is 4.24. The van der Waals surface area contributed by atoms with Crippen molar-refractivity contribution in [3.05, 3.63) is 83.9 Å². The number of hydrogen-bond donors (Lipinski definition) is 1. The summed E-state index contributed by atoms with van der Waals surface area (Å²) in [6.07, 6.45) is 13.6. The van der Waals surface area contributed by atoms with E-state index in [-0.39, 0.29) is 23.7 Å². The number of amides is 1. The van der Waals surface area contributed by atoms with Gasteiger partial charge in [-0.1, -0.05) is 75.1 Å². The van der Waals surface area contributed by atoms with Gasteiger partial charge in [0.25, 0.3) is 0 Å². The normalized spacial score (nSPS) is 22.3.